The lowest BCUT2D eigenvalue weighted by Gasteiger charge is -2.38. The topological polar surface area (TPSA) is 83.5 Å². The molecular weight excluding hydrogens is 563 g/mol. The van der Waals surface area contributed by atoms with Gasteiger partial charge in [-0.15, -0.1) is 0 Å². The van der Waals surface area contributed by atoms with Gasteiger partial charge < -0.3 is 19.7 Å². The Kier molecular flexibility index (Phi) is 8.16. The minimum absolute atomic E-state index is 0.0500. The molecule has 3 aromatic carbocycles. The summed E-state index contributed by atoms with van der Waals surface area (Å²) in [7, 11) is 1.59. The first-order chi connectivity index (χ1) is 19.6. The molecule has 0 unspecified atom stereocenters. The van der Waals surface area contributed by atoms with Crippen molar-refractivity contribution in [3.8, 4) is 11.5 Å². The van der Waals surface area contributed by atoms with E-state index in [2.05, 4.69) is 5.32 Å². The van der Waals surface area contributed by atoms with Gasteiger partial charge in [0.05, 0.1) is 24.8 Å². The van der Waals surface area contributed by atoms with Crippen LogP contribution in [0.1, 0.15) is 43.5 Å². The van der Waals surface area contributed by atoms with Crippen molar-refractivity contribution in [2.24, 2.45) is 4.99 Å². The maximum atomic E-state index is 14.5. The van der Waals surface area contributed by atoms with Crippen LogP contribution in [-0.4, -0.2) is 60.4 Å². The van der Waals surface area contributed by atoms with Crippen molar-refractivity contribution < 1.29 is 19.1 Å². The molecule has 3 aromatic rings. The van der Waals surface area contributed by atoms with E-state index in [1.165, 1.54) is 0 Å². The molecule has 8 nitrogen and oxygen atoms in total. The van der Waals surface area contributed by atoms with Crippen LogP contribution in [0.5, 0.6) is 11.5 Å². The number of nitrogens with one attached hydrogen (secondary N) is 1. The summed E-state index contributed by atoms with van der Waals surface area (Å²) in [5.74, 6) is 1.36. The Bertz CT molecular complexity index is 1480. The van der Waals surface area contributed by atoms with E-state index in [1.54, 1.807) is 35.1 Å². The van der Waals surface area contributed by atoms with Crippen molar-refractivity contribution >= 4 is 41.0 Å². The summed E-state index contributed by atoms with van der Waals surface area (Å²) in [6, 6.07) is 19.4. The fourth-order valence-corrected chi connectivity index (χ4v) is 5.60. The van der Waals surface area contributed by atoms with Crippen LogP contribution in [0.4, 0.5) is 4.79 Å². The molecule has 0 saturated carbocycles. The summed E-state index contributed by atoms with van der Waals surface area (Å²) in [5.41, 5.74) is 1.40. The zero-order valence-electron chi connectivity index (χ0n) is 23.4. The maximum Gasteiger partial charge on any atom is 0.326 e. The van der Waals surface area contributed by atoms with Crippen LogP contribution >= 0.6 is 23.2 Å². The molecule has 2 aliphatic heterocycles. The van der Waals surface area contributed by atoms with E-state index in [0.29, 0.717) is 46.0 Å². The summed E-state index contributed by atoms with van der Waals surface area (Å²) in [6.07, 6.45) is -0.146. The second kappa shape index (κ2) is 11.6. The number of piperazine rings is 1. The highest BCUT2D eigenvalue weighted by Crippen LogP contribution is 2.50. The third kappa shape index (κ3) is 5.72. The highest BCUT2D eigenvalue weighted by Gasteiger charge is 2.52. The number of benzene rings is 3. The van der Waals surface area contributed by atoms with Gasteiger partial charge in [0.1, 0.15) is 29.4 Å². The third-order valence-electron chi connectivity index (χ3n) is 7.28. The molecular formula is C31H32Cl2N4O4. The average molecular weight is 596 g/mol. The second-order valence-electron chi connectivity index (χ2n) is 10.5. The van der Waals surface area contributed by atoms with Gasteiger partial charge >= 0.3 is 6.03 Å². The van der Waals surface area contributed by atoms with Crippen LogP contribution in [-0.2, 0) is 10.3 Å². The lowest BCUT2D eigenvalue weighted by Crippen LogP contribution is -2.55. The van der Waals surface area contributed by atoms with E-state index in [4.69, 9.17) is 37.7 Å². The molecule has 0 radical (unpaired) electrons. The minimum Gasteiger partial charge on any atom is -0.497 e. The normalized spacial score (nSPS) is 20.6. The van der Waals surface area contributed by atoms with Gasteiger partial charge in [-0.3, -0.25) is 14.7 Å². The molecule has 1 saturated heterocycles. The van der Waals surface area contributed by atoms with Gasteiger partial charge in [0.2, 0.25) is 5.91 Å². The number of amidine groups is 1. The SMILES string of the molecule is COc1ccc(C2=N[C@@](C)(c3ccc(Cl)cc3)[C@@H](c3ccc(Cl)cc3)N2C(=O)N2CCNC(=O)C2)c(OC(C)C)c1. The van der Waals surface area contributed by atoms with E-state index in [0.717, 1.165) is 11.1 Å². The van der Waals surface area contributed by atoms with Crippen molar-refractivity contribution in [3.05, 3.63) is 93.5 Å². The van der Waals surface area contributed by atoms with E-state index >= 15 is 0 Å². The van der Waals surface area contributed by atoms with Gasteiger partial charge in [-0.2, -0.15) is 0 Å². The summed E-state index contributed by atoms with van der Waals surface area (Å²) in [5, 5.41) is 3.97. The number of hydrogen-bond acceptors (Lipinski definition) is 5. The molecule has 1 fully saturated rings. The predicted octanol–water partition coefficient (Wildman–Crippen LogP) is 6.06. The average Bonchev–Trinajstić information content (AvgIpc) is 3.26. The standard InChI is InChI=1S/C31H32Cl2N4O4/c1-19(2)41-26-17-24(40-4)13-14-25(26)29-35-31(3,21-7-11-23(33)12-8-21)28(20-5-9-22(32)10-6-20)37(29)30(39)36-16-15-34-27(38)18-36/h5-14,17,19,28H,15-16,18H2,1-4H3,(H,34,38)/t28-,31+/m1/s1. The second-order valence-corrected chi connectivity index (χ2v) is 11.4. The van der Waals surface area contributed by atoms with Crippen molar-refractivity contribution in [1.29, 1.82) is 0 Å². The highest BCUT2D eigenvalue weighted by atomic mass is 35.5. The van der Waals surface area contributed by atoms with Gasteiger partial charge in [-0.25, -0.2) is 4.79 Å². The number of ether oxygens (including phenoxy) is 2. The molecule has 2 heterocycles. The number of halogens is 2. The quantitative estimate of drug-likeness (QED) is 0.376. The molecule has 0 bridgehead atoms. The molecule has 0 spiro atoms. The molecule has 0 aromatic heterocycles. The van der Waals surface area contributed by atoms with Crippen molar-refractivity contribution in [1.82, 2.24) is 15.1 Å². The number of amides is 3. The van der Waals surface area contributed by atoms with Crippen LogP contribution in [0.15, 0.2) is 71.7 Å². The third-order valence-corrected chi connectivity index (χ3v) is 7.78. The van der Waals surface area contributed by atoms with Crippen LogP contribution in [0.25, 0.3) is 0 Å². The Labute approximate surface area is 249 Å². The van der Waals surface area contributed by atoms with Crippen LogP contribution < -0.4 is 14.8 Å². The van der Waals surface area contributed by atoms with Gasteiger partial charge in [0, 0.05) is 29.2 Å². The predicted molar refractivity (Wildman–Crippen MR) is 160 cm³/mol. The zero-order valence-corrected chi connectivity index (χ0v) is 24.9. The lowest BCUT2D eigenvalue weighted by molar-refractivity contribution is -0.123. The number of carbonyl (C=O) groups excluding carboxylic acids is 2. The van der Waals surface area contributed by atoms with Crippen molar-refractivity contribution in [2.75, 3.05) is 26.7 Å². The van der Waals surface area contributed by atoms with E-state index in [1.807, 2.05) is 69.3 Å². The van der Waals surface area contributed by atoms with Crippen molar-refractivity contribution in [3.63, 3.8) is 0 Å². The maximum absolute atomic E-state index is 14.5. The van der Waals surface area contributed by atoms with E-state index in [9.17, 15) is 9.59 Å². The van der Waals surface area contributed by atoms with E-state index < -0.39 is 11.6 Å². The minimum atomic E-state index is -0.934. The largest absolute Gasteiger partial charge is 0.497 e. The first-order valence-electron chi connectivity index (χ1n) is 13.4. The molecule has 41 heavy (non-hydrogen) atoms. The first-order valence-corrected chi connectivity index (χ1v) is 14.2. The summed E-state index contributed by atoms with van der Waals surface area (Å²) < 4.78 is 11.7. The van der Waals surface area contributed by atoms with E-state index in [-0.39, 0.29) is 24.6 Å². The highest BCUT2D eigenvalue weighted by molar-refractivity contribution is 6.30. The number of urea groups is 1. The molecule has 2 atom stereocenters. The Balaban J connectivity index is 1.76. The summed E-state index contributed by atoms with van der Waals surface area (Å²) >= 11 is 12.5. The van der Waals surface area contributed by atoms with Gasteiger partial charge in [0.25, 0.3) is 0 Å². The molecule has 3 amide bonds. The monoisotopic (exact) mass is 594 g/mol. The van der Waals surface area contributed by atoms with Crippen molar-refractivity contribution in [2.45, 2.75) is 38.5 Å². The Hall–Kier alpha value is -3.75. The van der Waals surface area contributed by atoms with Gasteiger partial charge in [-0.05, 0) is 68.3 Å². The lowest BCUT2D eigenvalue weighted by atomic mass is 9.81. The Morgan fingerprint density at radius 2 is 1.71 bits per heavy atom. The Morgan fingerprint density at radius 3 is 2.32 bits per heavy atom. The number of hydrogen-bond donors (Lipinski definition) is 1. The number of carbonyl (C=O) groups is 2. The molecule has 214 valence electrons. The fourth-order valence-electron chi connectivity index (χ4n) is 5.35. The number of nitrogens with zero attached hydrogens (tertiary/aromatic N) is 3. The van der Waals surface area contributed by atoms with Crippen LogP contribution in [0, 0.1) is 0 Å². The molecule has 1 N–H and O–H groups in total. The molecule has 10 heteroatoms. The van der Waals surface area contributed by atoms with Crippen LogP contribution in [0.2, 0.25) is 10.0 Å². The molecule has 5 rings (SSSR count). The number of aliphatic imine (C=N–C) groups is 1. The zero-order chi connectivity index (χ0) is 29.3. The van der Waals surface area contributed by atoms with Crippen LogP contribution in [0.3, 0.4) is 0 Å². The van der Waals surface area contributed by atoms with Gasteiger partial charge in [0.15, 0.2) is 0 Å². The number of methoxy groups -OCH3 is 1. The molecule has 0 aliphatic carbocycles. The Morgan fingerprint density at radius 1 is 1.05 bits per heavy atom. The fraction of sp³-hybridized carbons (Fsp3) is 0.323. The first kappa shape index (κ1) is 28.8. The summed E-state index contributed by atoms with van der Waals surface area (Å²) in [4.78, 5) is 35.4. The smallest absolute Gasteiger partial charge is 0.326 e. The van der Waals surface area contributed by atoms with Gasteiger partial charge in [-0.1, -0.05) is 47.5 Å². The number of rotatable bonds is 6. The molecule has 2 aliphatic rings. The summed E-state index contributed by atoms with van der Waals surface area (Å²) in [6.45, 7) is 6.56.